The van der Waals surface area contributed by atoms with Crippen molar-refractivity contribution >= 4 is 11.9 Å². The summed E-state index contributed by atoms with van der Waals surface area (Å²) in [7, 11) is 0. The number of carbonyl (C=O) groups excluding carboxylic acids is 1. The zero-order valence-corrected chi connectivity index (χ0v) is 10.6. The molecule has 0 spiro atoms. The molecule has 0 radical (unpaired) electrons. The van der Waals surface area contributed by atoms with Crippen molar-refractivity contribution in [2.24, 2.45) is 17.6 Å². The normalized spacial score (nSPS) is 16.9. The van der Waals surface area contributed by atoms with Crippen LogP contribution in [0.3, 0.4) is 0 Å². The second-order valence-electron chi connectivity index (χ2n) is 4.99. The van der Waals surface area contributed by atoms with Gasteiger partial charge in [0.15, 0.2) is 0 Å². The summed E-state index contributed by atoms with van der Waals surface area (Å²) in [4.78, 5) is 24.6. The molecule has 1 atom stereocenters. The van der Waals surface area contributed by atoms with Gasteiger partial charge in [0, 0.05) is 19.1 Å². The van der Waals surface area contributed by atoms with E-state index in [9.17, 15) is 9.59 Å². The van der Waals surface area contributed by atoms with Gasteiger partial charge in [-0.2, -0.15) is 0 Å². The van der Waals surface area contributed by atoms with Crippen LogP contribution in [-0.4, -0.2) is 41.0 Å². The number of aliphatic carboxylic acids is 1. The maximum absolute atomic E-state index is 12.3. The van der Waals surface area contributed by atoms with E-state index in [2.05, 4.69) is 0 Å². The lowest BCUT2D eigenvalue weighted by molar-refractivity contribution is -0.140. The number of carbonyl (C=O) groups is 2. The minimum atomic E-state index is -0.864. The standard InChI is InChI=1S/C12H22N2O3/c1-8(2)10(7-13)12(17)14(9-3-4-9)6-5-11(15)16/h8-10H,3-7,13H2,1-2H3,(H,15,16). The fourth-order valence-corrected chi connectivity index (χ4v) is 1.95. The zero-order chi connectivity index (χ0) is 13.0. The summed E-state index contributed by atoms with van der Waals surface area (Å²) in [6, 6.07) is 0.245. The summed E-state index contributed by atoms with van der Waals surface area (Å²) in [6.07, 6.45) is 1.99. The molecular formula is C12H22N2O3. The van der Waals surface area contributed by atoms with Crippen molar-refractivity contribution in [1.29, 1.82) is 0 Å². The highest BCUT2D eigenvalue weighted by atomic mass is 16.4. The summed E-state index contributed by atoms with van der Waals surface area (Å²) in [5.74, 6) is -0.841. The maximum atomic E-state index is 12.3. The zero-order valence-electron chi connectivity index (χ0n) is 10.6. The monoisotopic (exact) mass is 242 g/mol. The largest absolute Gasteiger partial charge is 0.481 e. The lowest BCUT2D eigenvalue weighted by Crippen LogP contribution is -2.43. The number of carboxylic acids is 1. The molecule has 0 bridgehead atoms. The van der Waals surface area contributed by atoms with E-state index in [-0.39, 0.29) is 30.2 Å². The van der Waals surface area contributed by atoms with E-state index in [4.69, 9.17) is 10.8 Å². The summed E-state index contributed by atoms with van der Waals surface area (Å²) in [6.45, 7) is 4.57. The number of amides is 1. The lowest BCUT2D eigenvalue weighted by Gasteiger charge is -2.28. The number of hydrogen-bond acceptors (Lipinski definition) is 3. The Bertz CT molecular complexity index is 287. The molecule has 17 heavy (non-hydrogen) atoms. The molecule has 0 aromatic carbocycles. The molecule has 0 saturated heterocycles. The van der Waals surface area contributed by atoms with E-state index in [1.807, 2.05) is 13.8 Å². The molecule has 1 rings (SSSR count). The predicted octanol–water partition coefficient (Wildman–Crippen LogP) is 0.683. The van der Waals surface area contributed by atoms with Crippen molar-refractivity contribution in [1.82, 2.24) is 4.90 Å². The molecule has 5 heteroatoms. The molecule has 98 valence electrons. The van der Waals surface area contributed by atoms with Crippen LogP contribution >= 0.6 is 0 Å². The molecule has 1 aliphatic rings. The van der Waals surface area contributed by atoms with E-state index < -0.39 is 5.97 Å². The third-order valence-electron chi connectivity index (χ3n) is 3.21. The van der Waals surface area contributed by atoms with E-state index in [0.717, 1.165) is 12.8 Å². The molecule has 1 amide bonds. The minimum absolute atomic E-state index is 0.0115. The van der Waals surface area contributed by atoms with Gasteiger partial charge in [0.1, 0.15) is 0 Å². The topological polar surface area (TPSA) is 83.6 Å². The summed E-state index contributed by atoms with van der Waals surface area (Å²) in [5.41, 5.74) is 5.63. The van der Waals surface area contributed by atoms with Crippen LogP contribution in [0.5, 0.6) is 0 Å². The highest BCUT2D eigenvalue weighted by molar-refractivity contribution is 5.80. The van der Waals surface area contributed by atoms with Crippen LogP contribution in [0, 0.1) is 11.8 Å². The van der Waals surface area contributed by atoms with Gasteiger partial charge in [-0.05, 0) is 18.8 Å². The van der Waals surface area contributed by atoms with Crippen LogP contribution in [0.4, 0.5) is 0 Å². The Morgan fingerprint density at radius 1 is 1.41 bits per heavy atom. The second kappa shape index (κ2) is 6.00. The van der Waals surface area contributed by atoms with Crippen molar-refractivity contribution in [3.8, 4) is 0 Å². The van der Waals surface area contributed by atoms with Gasteiger partial charge in [0.25, 0.3) is 0 Å². The van der Waals surface area contributed by atoms with Crippen LogP contribution in [0.25, 0.3) is 0 Å². The maximum Gasteiger partial charge on any atom is 0.305 e. The summed E-state index contributed by atoms with van der Waals surface area (Å²) in [5, 5.41) is 8.69. The van der Waals surface area contributed by atoms with Crippen LogP contribution in [0.15, 0.2) is 0 Å². The Balaban J connectivity index is 2.62. The molecule has 5 nitrogen and oxygen atoms in total. The summed E-state index contributed by atoms with van der Waals surface area (Å²) < 4.78 is 0. The highest BCUT2D eigenvalue weighted by Crippen LogP contribution is 2.29. The van der Waals surface area contributed by atoms with Crippen LogP contribution in [0.2, 0.25) is 0 Å². The fourth-order valence-electron chi connectivity index (χ4n) is 1.95. The van der Waals surface area contributed by atoms with Gasteiger partial charge >= 0.3 is 5.97 Å². The van der Waals surface area contributed by atoms with Crippen molar-refractivity contribution in [3.63, 3.8) is 0 Å². The molecule has 1 saturated carbocycles. The van der Waals surface area contributed by atoms with Crippen molar-refractivity contribution in [2.45, 2.75) is 39.2 Å². The molecular weight excluding hydrogens is 220 g/mol. The average molecular weight is 242 g/mol. The Morgan fingerprint density at radius 2 is 2.00 bits per heavy atom. The van der Waals surface area contributed by atoms with Gasteiger partial charge < -0.3 is 15.7 Å². The second-order valence-corrected chi connectivity index (χ2v) is 4.99. The molecule has 3 N–H and O–H groups in total. The van der Waals surface area contributed by atoms with E-state index in [1.165, 1.54) is 0 Å². The molecule has 0 aromatic heterocycles. The van der Waals surface area contributed by atoms with E-state index >= 15 is 0 Å². The Labute approximate surface area is 102 Å². The van der Waals surface area contributed by atoms with Crippen molar-refractivity contribution in [3.05, 3.63) is 0 Å². The first-order chi connectivity index (χ1) is 7.97. The van der Waals surface area contributed by atoms with Gasteiger partial charge in [-0.1, -0.05) is 13.8 Å². The van der Waals surface area contributed by atoms with Gasteiger partial charge in [-0.15, -0.1) is 0 Å². The first-order valence-electron chi connectivity index (χ1n) is 6.19. The SMILES string of the molecule is CC(C)C(CN)C(=O)N(CCC(=O)O)C1CC1. The molecule has 0 aliphatic heterocycles. The number of nitrogens with two attached hydrogens (primary N) is 1. The molecule has 1 aliphatic carbocycles. The molecule has 1 unspecified atom stereocenters. The van der Waals surface area contributed by atoms with Crippen LogP contribution < -0.4 is 5.73 Å². The third kappa shape index (κ3) is 4.00. The van der Waals surface area contributed by atoms with Gasteiger partial charge in [-0.3, -0.25) is 9.59 Å². The number of hydrogen-bond donors (Lipinski definition) is 2. The first kappa shape index (κ1) is 14.0. The van der Waals surface area contributed by atoms with Crippen molar-refractivity contribution < 1.29 is 14.7 Å². The lowest BCUT2D eigenvalue weighted by atomic mass is 9.94. The Morgan fingerprint density at radius 3 is 2.35 bits per heavy atom. The number of rotatable bonds is 7. The molecule has 0 aromatic rings. The number of carboxylic acid groups (broad SMARTS) is 1. The third-order valence-corrected chi connectivity index (χ3v) is 3.21. The first-order valence-corrected chi connectivity index (χ1v) is 6.19. The van der Waals surface area contributed by atoms with E-state index in [1.54, 1.807) is 4.90 Å². The number of nitrogens with zero attached hydrogens (tertiary/aromatic N) is 1. The van der Waals surface area contributed by atoms with E-state index in [0.29, 0.717) is 13.1 Å². The van der Waals surface area contributed by atoms with Crippen molar-refractivity contribution in [2.75, 3.05) is 13.1 Å². The van der Waals surface area contributed by atoms with Gasteiger partial charge in [0.05, 0.1) is 12.3 Å². The smallest absolute Gasteiger partial charge is 0.305 e. The quantitative estimate of drug-likeness (QED) is 0.687. The van der Waals surface area contributed by atoms with Crippen LogP contribution in [0.1, 0.15) is 33.1 Å². The Hall–Kier alpha value is -1.10. The van der Waals surface area contributed by atoms with Gasteiger partial charge in [0.2, 0.25) is 5.91 Å². The summed E-state index contributed by atoms with van der Waals surface area (Å²) >= 11 is 0. The van der Waals surface area contributed by atoms with Gasteiger partial charge in [-0.25, -0.2) is 0 Å². The fraction of sp³-hybridized carbons (Fsp3) is 0.833. The average Bonchev–Trinajstić information content (AvgIpc) is 3.02. The molecule has 0 heterocycles. The highest BCUT2D eigenvalue weighted by Gasteiger charge is 2.36. The predicted molar refractivity (Wildman–Crippen MR) is 64.4 cm³/mol. The minimum Gasteiger partial charge on any atom is -0.481 e. The molecule has 1 fully saturated rings. The van der Waals surface area contributed by atoms with Crippen LogP contribution in [-0.2, 0) is 9.59 Å². The Kier molecular flexibility index (Phi) is 4.93.